The minimum Gasteiger partial charge on any atom is -0.469 e. The average molecular weight is 387 g/mol. The Labute approximate surface area is 149 Å². The van der Waals surface area contributed by atoms with E-state index in [-0.39, 0.29) is 30.1 Å². The average Bonchev–Trinajstić information content (AvgIpc) is 2.78. The summed E-state index contributed by atoms with van der Waals surface area (Å²) in [5, 5.41) is -0.560. The van der Waals surface area contributed by atoms with E-state index in [1.54, 1.807) is 0 Å². The van der Waals surface area contributed by atoms with Crippen LogP contribution in [0.3, 0.4) is 0 Å². The lowest BCUT2D eigenvalue weighted by molar-refractivity contribution is -0.155. The molecule has 2 aliphatic carbocycles. The van der Waals surface area contributed by atoms with Crippen LogP contribution in [0.1, 0.15) is 30.5 Å². The molecule has 26 heavy (non-hydrogen) atoms. The van der Waals surface area contributed by atoms with Crippen LogP contribution in [0, 0.1) is 11.3 Å². The van der Waals surface area contributed by atoms with Gasteiger partial charge < -0.3 is 9.64 Å². The number of hydrogen-bond donors (Lipinski definition) is 0. The van der Waals surface area contributed by atoms with Crippen LogP contribution in [0.5, 0.6) is 0 Å². The van der Waals surface area contributed by atoms with Crippen molar-refractivity contribution in [1.29, 1.82) is 0 Å². The molecule has 7 nitrogen and oxygen atoms in total. The molecule has 0 radical (unpaired) electrons. The number of sulfone groups is 1. The molecule has 0 unspecified atom stereocenters. The van der Waals surface area contributed by atoms with Gasteiger partial charge in [0.15, 0.2) is 0 Å². The van der Waals surface area contributed by atoms with Gasteiger partial charge in [-0.1, -0.05) is 0 Å². The highest BCUT2D eigenvalue weighted by atomic mass is 32.2. The second kappa shape index (κ2) is 5.34. The van der Waals surface area contributed by atoms with Crippen LogP contribution >= 0.6 is 0 Å². The predicted octanol–water partition coefficient (Wildman–Crippen LogP) is 1.31. The molecule has 1 aliphatic heterocycles. The van der Waals surface area contributed by atoms with E-state index in [4.69, 9.17) is 4.74 Å². The summed E-state index contributed by atoms with van der Waals surface area (Å²) in [5.41, 5.74) is -0.172. The molecule has 0 aromatic carbocycles. The first-order valence-corrected chi connectivity index (χ1v) is 10.3. The van der Waals surface area contributed by atoms with Gasteiger partial charge in [0, 0.05) is 36.7 Å². The van der Waals surface area contributed by atoms with Crippen molar-refractivity contribution in [2.45, 2.75) is 36.8 Å². The molecule has 142 valence electrons. The van der Waals surface area contributed by atoms with E-state index in [2.05, 4.69) is 9.97 Å². The first-order valence-electron chi connectivity index (χ1n) is 8.37. The van der Waals surface area contributed by atoms with E-state index < -0.39 is 26.6 Å². The van der Waals surface area contributed by atoms with E-state index in [9.17, 15) is 22.0 Å². The van der Waals surface area contributed by atoms with E-state index in [1.165, 1.54) is 7.11 Å². The van der Waals surface area contributed by atoms with Crippen LogP contribution in [-0.4, -0.2) is 50.8 Å². The number of hydrogen-bond acceptors (Lipinski definition) is 7. The molecule has 2 fully saturated rings. The Morgan fingerprint density at radius 1 is 1.27 bits per heavy atom. The van der Waals surface area contributed by atoms with Crippen molar-refractivity contribution in [2.24, 2.45) is 11.3 Å². The van der Waals surface area contributed by atoms with Gasteiger partial charge in [-0.15, -0.1) is 0 Å². The van der Waals surface area contributed by atoms with E-state index >= 15 is 0 Å². The third kappa shape index (κ3) is 2.57. The SMILES string of the molecule is COC(=O)C1CC2(C1)CN(c1nc(S(C)(=O)=O)nc3c1CCC3(F)F)C2. The van der Waals surface area contributed by atoms with Crippen molar-refractivity contribution in [2.75, 3.05) is 31.4 Å². The molecule has 2 heterocycles. The highest BCUT2D eigenvalue weighted by Crippen LogP contribution is 2.54. The van der Waals surface area contributed by atoms with Gasteiger partial charge in [0.1, 0.15) is 11.5 Å². The lowest BCUT2D eigenvalue weighted by Gasteiger charge is -2.58. The van der Waals surface area contributed by atoms with Gasteiger partial charge in [-0.2, -0.15) is 8.78 Å². The number of halogens is 2. The van der Waals surface area contributed by atoms with Crippen LogP contribution in [0.4, 0.5) is 14.6 Å². The summed E-state index contributed by atoms with van der Waals surface area (Å²) in [6, 6.07) is 0. The number of fused-ring (bicyclic) bond motifs is 1. The van der Waals surface area contributed by atoms with Gasteiger partial charge >= 0.3 is 5.97 Å². The summed E-state index contributed by atoms with van der Waals surface area (Å²) in [6.07, 6.45) is 2.03. The maximum absolute atomic E-state index is 14.1. The van der Waals surface area contributed by atoms with E-state index in [1.807, 2.05) is 4.90 Å². The minimum absolute atomic E-state index is 0.0386. The first-order chi connectivity index (χ1) is 12.0. The Morgan fingerprint density at radius 3 is 2.50 bits per heavy atom. The molecular weight excluding hydrogens is 368 g/mol. The number of carbonyl (C=O) groups excluding carboxylic acids is 1. The van der Waals surface area contributed by atoms with E-state index in [0.717, 1.165) is 6.26 Å². The topological polar surface area (TPSA) is 89.5 Å². The fourth-order valence-electron chi connectivity index (χ4n) is 4.30. The lowest BCUT2D eigenvalue weighted by atomic mass is 9.57. The predicted molar refractivity (Wildman–Crippen MR) is 86.7 cm³/mol. The molecule has 3 aliphatic rings. The van der Waals surface area contributed by atoms with Gasteiger partial charge in [-0.05, 0) is 19.3 Å². The number of carbonyl (C=O) groups is 1. The summed E-state index contributed by atoms with van der Waals surface area (Å²) in [4.78, 5) is 21.1. The molecule has 0 amide bonds. The van der Waals surface area contributed by atoms with E-state index in [0.29, 0.717) is 37.3 Å². The third-order valence-electron chi connectivity index (χ3n) is 5.58. The number of esters is 1. The second-order valence-electron chi connectivity index (χ2n) is 7.62. The fraction of sp³-hybridized carbons (Fsp3) is 0.688. The summed E-state index contributed by atoms with van der Waals surface area (Å²) in [7, 11) is -2.44. The molecule has 1 saturated heterocycles. The number of aromatic nitrogens is 2. The molecule has 1 spiro atoms. The summed E-state index contributed by atoms with van der Waals surface area (Å²) in [5.74, 6) is -3.19. The summed E-state index contributed by atoms with van der Waals surface area (Å²) < 4.78 is 56.7. The molecular formula is C16H19F2N3O4S. The molecule has 1 aromatic rings. The maximum Gasteiger partial charge on any atom is 0.308 e. The number of rotatable bonds is 3. The van der Waals surface area contributed by atoms with Crippen LogP contribution in [0.15, 0.2) is 5.16 Å². The van der Waals surface area contributed by atoms with Crippen molar-refractivity contribution >= 4 is 21.6 Å². The number of ether oxygens (including phenoxy) is 1. The number of nitrogens with zero attached hydrogens (tertiary/aromatic N) is 3. The molecule has 4 rings (SSSR count). The molecule has 0 atom stereocenters. The summed E-state index contributed by atoms with van der Waals surface area (Å²) in [6.45, 7) is 1.14. The van der Waals surface area contributed by atoms with Crippen molar-refractivity contribution in [3.8, 4) is 0 Å². The largest absolute Gasteiger partial charge is 0.469 e. The standard InChI is InChI=1S/C16H19F2N3O4S/c1-25-13(22)9-5-15(6-9)7-21(8-15)12-10-3-4-16(17,18)11(10)19-14(20-12)26(2,23)24/h9H,3-8H2,1-2H3. The zero-order valence-electron chi connectivity index (χ0n) is 14.5. The normalized spacial score (nSPS) is 23.3. The van der Waals surface area contributed by atoms with Gasteiger partial charge in [-0.3, -0.25) is 4.79 Å². The Morgan fingerprint density at radius 2 is 1.92 bits per heavy atom. The van der Waals surface area contributed by atoms with Crippen LogP contribution in [-0.2, 0) is 31.7 Å². The maximum atomic E-state index is 14.1. The Kier molecular flexibility index (Phi) is 3.61. The number of anilines is 1. The monoisotopic (exact) mass is 387 g/mol. The number of methoxy groups -OCH3 is 1. The number of alkyl halides is 2. The zero-order valence-corrected chi connectivity index (χ0v) is 15.3. The quantitative estimate of drug-likeness (QED) is 0.571. The molecule has 1 aromatic heterocycles. The third-order valence-corrected chi connectivity index (χ3v) is 6.42. The lowest BCUT2D eigenvalue weighted by Crippen LogP contribution is -2.64. The molecule has 1 saturated carbocycles. The Hall–Kier alpha value is -1.84. The van der Waals surface area contributed by atoms with Crippen molar-refractivity contribution < 1.29 is 26.7 Å². The van der Waals surface area contributed by atoms with Crippen LogP contribution in [0.25, 0.3) is 0 Å². The first kappa shape index (κ1) is 17.6. The second-order valence-corrected chi connectivity index (χ2v) is 9.53. The smallest absolute Gasteiger partial charge is 0.308 e. The zero-order chi connectivity index (χ0) is 18.9. The van der Waals surface area contributed by atoms with Crippen LogP contribution < -0.4 is 4.90 Å². The van der Waals surface area contributed by atoms with Gasteiger partial charge in [0.05, 0.1) is 13.0 Å². The molecule has 0 bridgehead atoms. The molecule has 0 N–H and O–H groups in total. The van der Waals surface area contributed by atoms with Gasteiger partial charge in [0.2, 0.25) is 15.0 Å². The van der Waals surface area contributed by atoms with Gasteiger partial charge in [-0.25, -0.2) is 18.4 Å². The molecule has 10 heteroatoms. The van der Waals surface area contributed by atoms with Crippen molar-refractivity contribution in [1.82, 2.24) is 9.97 Å². The van der Waals surface area contributed by atoms with Gasteiger partial charge in [0.25, 0.3) is 5.92 Å². The minimum atomic E-state index is -3.80. The van der Waals surface area contributed by atoms with Crippen LogP contribution in [0.2, 0.25) is 0 Å². The fourth-order valence-corrected chi connectivity index (χ4v) is 4.81. The highest BCUT2D eigenvalue weighted by Gasteiger charge is 2.56. The Bertz CT molecular complexity index is 889. The van der Waals surface area contributed by atoms with Crippen molar-refractivity contribution in [3.05, 3.63) is 11.3 Å². The Balaban J connectivity index is 1.61. The van der Waals surface area contributed by atoms with Crippen molar-refractivity contribution in [3.63, 3.8) is 0 Å². The highest BCUT2D eigenvalue weighted by molar-refractivity contribution is 7.90. The summed E-state index contributed by atoms with van der Waals surface area (Å²) >= 11 is 0.